The first-order chi connectivity index (χ1) is 13.9. The third kappa shape index (κ3) is 3.62. The number of urea groups is 1. The van der Waals surface area contributed by atoms with Gasteiger partial charge in [0.2, 0.25) is 5.91 Å². The number of likely N-dealkylation sites (tertiary alicyclic amines) is 1. The van der Waals surface area contributed by atoms with Crippen LogP contribution in [-0.2, 0) is 22.6 Å². The molecule has 4 amide bonds. The molecule has 6 nitrogen and oxygen atoms in total. The average molecular weight is 391 g/mol. The van der Waals surface area contributed by atoms with Gasteiger partial charge in [0, 0.05) is 6.54 Å². The predicted octanol–water partition coefficient (Wildman–Crippen LogP) is 2.57. The van der Waals surface area contributed by atoms with Gasteiger partial charge in [-0.1, -0.05) is 54.1 Å². The van der Waals surface area contributed by atoms with E-state index in [0.29, 0.717) is 19.4 Å². The molecule has 1 unspecified atom stereocenters. The SMILES string of the molecule is Cc1ccc(CN2C(=O)NC3(CCN(C(=O)Cc4ccccc4C)C3)C2=O)cc1. The largest absolute Gasteiger partial charge is 0.339 e. The van der Waals surface area contributed by atoms with Gasteiger partial charge in [0.05, 0.1) is 19.5 Å². The lowest BCUT2D eigenvalue weighted by molar-refractivity contribution is -0.132. The normalized spacial score (nSPS) is 21.2. The minimum Gasteiger partial charge on any atom is -0.339 e. The second-order valence-electron chi connectivity index (χ2n) is 8.06. The van der Waals surface area contributed by atoms with Crippen molar-refractivity contribution in [2.75, 3.05) is 13.1 Å². The number of hydrogen-bond acceptors (Lipinski definition) is 3. The third-order valence-electron chi connectivity index (χ3n) is 5.93. The Morgan fingerprint density at radius 3 is 2.52 bits per heavy atom. The first-order valence-corrected chi connectivity index (χ1v) is 9.90. The van der Waals surface area contributed by atoms with Gasteiger partial charge in [0.25, 0.3) is 5.91 Å². The van der Waals surface area contributed by atoms with Crippen LogP contribution in [0.5, 0.6) is 0 Å². The van der Waals surface area contributed by atoms with Crippen LogP contribution in [0, 0.1) is 13.8 Å². The zero-order chi connectivity index (χ0) is 20.6. The molecule has 2 aromatic rings. The van der Waals surface area contributed by atoms with E-state index in [1.54, 1.807) is 4.90 Å². The number of imide groups is 1. The molecule has 0 aromatic heterocycles. The summed E-state index contributed by atoms with van der Waals surface area (Å²) in [6.07, 6.45) is 0.749. The maximum atomic E-state index is 13.1. The summed E-state index contributed by atoms with van der Waals surface area (Å²) in [6, 6.07) is 15.2. The molecule has 1 atom stereocenters. The van der Waals surface area contributed by atoms with Crippen molar-refractivity contribution in [1.29, 1.82) is 0 Å². The van der Waals surface area contributed by atoms with Gasteiger partial charge in [0.1, 0.15) is 5.54 Å². The molecule has 0 saturated carbocycles. The summed E-state index contributed by atoms with van der Waals surface area (Å²) in [4.78, 5) is 41.4. The number of nitrogens with zero attached hydrogens (tertiary/aromatic N) is 2. The molecule has 0 aliphatic carbocycles. The Morgan fingerprint density at radius 2 is 1.79 bits per heavy atom. The first kappa shape index (κ1) is 19.2. The Hall–Kier alpha value is -3.15. The summed E-state index contributed by atoms with van der Waals surface area (Å²) in [5.41, 5.74) is 3.09. The zero-order valence-electron chi connectivity index (χ0n) is 16.8. The lowest BCUT2D eigenvalue weighted by atomic mass is 9.98. The zero-order valence-corrected chi connectivity index (χ0v) is 16.8. The molecular weight excluding hydrogens is 366 g/mol. The van der Waals surface area contributed by atoms with Crippen LogP contribution in [0.2, 0.25) is 0 Å². The Kier molecular flexibility index (Phi) is 4.86. The fourth-order valence-electron chi connectivity index (χ4n) is 4.08. The van der Waals surface area contributed by atoms with Crippen molar-refractivity contribution in [3.05, 3.63) is 70.8 Å². The Labute approximate surface area is 170 Å². The van der Waals surface area contributed by atoms with E-state index in [1.807, 2.05) is 62.4 Å². The van der Waals surface area contributed by atoms with Crippen LogP contribution in [0.1, 0.15) is 28.7 Å². The van der Waals surface area contributed by atoms with Crippen molar-refractivity contribution in [2.24, 2.45) is 0 Å². The monoisotopic (exact) mass is 391 g/mol. The Morgan fingerprint density at radius 1 is 1.07 bits per heavy atom. The van der Waals surface area contributed by atoms with E-state index in [0.717, 1.165) is 22.3 Å². The second kappa shape index (κ2) is 7.35. The van der Waals surface area contributed by atoms with E-state index in [4.69, 9.17) is 0 Å². The lowest BCUT2D eigenvalue weighted by Gasteiger charge is -2.22. The molecular formula is C23H25N3O3. The maximum absolute atomic E-state index is 13.1. The standard InChI is InChI=1S/C23H25N3O3/c1-16-7-9-18(10-8-16)14-26-21(28)23(24-22(26)29)11-12-25(15-23)20(27)13-19-6-4-3-5-17(19)2/h3-10H,11-15H2,1-2H3,(H,24,29). The summed E-state index contributed by atoms with van der Waals surface area (Å²) >= 11 is 0. The quantitative estimate of drug-likeness (QED) is 0.815. The average Bonchev–Trinajstić information content (AvgIpc) is 3.22. The molecule has 1 N–H and O–H groups in total. The minimum absolute atomic E-state index is 0.0183. The second-order valence-corrected chi connectivity index (χ2v) is 8.06. The molecule has 2 aromatic carbocycles. The molecule has 2 aliphatic heterocycles. The molecule has 2 heterocycles. The molecule has 29 heavy (non-hydrogen) atoms. The van der Waals surface area contributed by atoms with Gasteiger partial charge in [-0.2, -0.15) is 0 Å². The Bertz CT molecular complexity index is 970. The van der Waals surface area contributed by atoms with Crippen molar-refractivity contribution >= 4 is 17.8 Å². The summed E-state index contributed by atoms with van der Waals surface area (Å²) < 4.78 is 0. The smallest absolute Gasteiger partial charge is 0.325 e. The number of benzene rings is 2. The van der Waals surface area contributed by atoms with Gasteiger partial charge in [-0.3, -0.25) is 14.5 Å². The third-order valence-corrected chi connectivity index (χ3v) is 5.93. The van der Waals surface area contributed by atoms with Crippen LogP contribution in [0.25, 0.3) is 0 Å². The molecule has 0 bridgehead atoms. The fraction of sp³-hybridized carbons (Fsp3) is 0.348. The van der Waals surface area contributed by atoms with Crippen LogP contribution in [0.3, 0.4) is 0 Å². The topological polar surface area (TPSA) is 69.7 Å². The van der Waals surface area contributed by atoms with E-state index in [-0.39, 0.29) is 30.9 Å². The number of rotatable bonds is 4. The van der Waals surface area contributed by atoms with Gasteiger partial charge < -0.3 is 10.2 Å². The number of amides is 4. The van der Waals surface area contributed by atoms with E-state index in [2.05, 4.69) is 5.32 Å². The molecule has 2 aliphatic rings. The van der Waals surface area contributed by atoms with Crippen molar-refractivity contribution < 1.29 is 14.4 Å². The fourth-order valence-corrected chi connectivity index (χ4v) is 4.08. The van der Waals surface area contributed by atoms with Crippen molar-refractivity contribution in [2.45, 2.75) is 38.8 Å². The van der Waals surface area contributed by atoms with E-state index < -0.39 is 5.54 Å². The highest BCUT2D eigenvalue weighted by Gasteiger charge is 2.55. The van der Waals surface area contributed by atoms with E-state index in [9.17, 15) is 14.4 Å². The van der Waals surface area contributed by atoms with Crippen LogP contribution in [-0.4, -0.2) is 46.3 Å². The predicted molar refractivity (Wildman–Crippen MR) is 109 cm³/mol. The van der Waals surface area contributed by atoms with E-state index >= 15 is 0 Å². The van der Waals surface area contributed by atoms with Gasteiger partial charge in [-0.25, -0.2) is 4.79 Å². The van der Waals surface area contributed by atoms with Crippen molar-refractivity contribution in [1.82, 2.24) is 15.1 Å². The van der Waals surface area contributed by atoms with Gasteiger partial charge in [-0.05, 0) is 37.0 Å². The molecule has 2 saturated heterocycles. The Balaban J connectivity index is 1.44. The molecule has 6 heteroatoms. The highest BCUT2D eigenvalue weighted by Crippen LogP contribution is 2.30. The highest BCUT2D eigenvalue weighted by molar-refractivity contribution is 6.07. The summed E-state index contributed by atoms with van der Waals surface area (Å²) in [7, 11) is 0. The molecule has 150 valence electrons. The van der Waals surface area contributed by atoms with Gasteiger partial charge in [0.15, 0.2) is 0 Å². The summed E-state index contributed by atoms with van der Waals surface area (Å²) in [6.45, 7) is 4.91. The molecule has 4 rings (SSSR count). The number of hydrogen-bond donors (Lipinski definition) is 1. The van der Waals surface area contributed by atoms with E-state index in [1.165, 1.54) is 4.90 Å². The number of aryl methyl sites for hydroxylation is 2. The molecule has 1 spiro atoms. The highest BCUT2D eigenvalue weighted by atomic mass is 16.2. The van der Waals surface area contributed by atoms with Crippen LogP contribution in [0.4, 0.5) is 4.79 Å². The van der Waals surface area contributed by atoms with Crippen molar-refractivity contribution in [3.63, 3.8) is 0 Å². The molecule has 0 radical (unpaired) electrons. The number of carbonyl (C=O) groups is 3. The minimum atomic E-state index is -0.997. The molecule has 2 fully saturated rings. The van der Waals surface area contributed by atoms with Crippen LogP contribution < -0.4 is 5.32 Å². The van der Waals surface area contributed by atoms with Crippen molar-refractivity contribution in [3.8, 4) is 0 Å². The van der Waals surface area contributed by atoms with Crippen LogP contribution in [0.15, 0.2) is 48.5 Å². The number of carbonyl (C=O) groups excluding carboxylic acids is 3. The summed E-state index contributed by atoms with van der Waals surface area (Å²) in [5, 5.41) is 2.86. The lowest BCUT2D eigenvalue weighted by Crippen LogP contribution is -2.50. The van der Waals surface area contributed by atoms with Gasteiger partial charge in [-0.15, -0.1) is 0 Å². The summed E-state index contributed by atoms with van der Waals surface area (Å²) in [5.74, 6) is -0.260. The maximum Gasteiger partial charge on any atom is 0.325 e. The first-order valence-electron chi connectivity index (χ1n) is 9.90. The van der Waals surface area contributed by atoms with Crippen LogP contribution >= 0.6 is 0 Å². The van der Waals surface area contributed by atoms with Gasteiger partial charge >= 0.3 is 6.03 Å². The number of nitrogens with one attached hydrogen (secondary N) is 1.